The molecule has 1 heterocycles. The minimum Gasteiger partial charge on any atom is -0.378 e. The number of hydrogen-bond acceptors (Lipinski definition) is 4. The average Bonchev–Trinajstić information content (AvgIpc) is 2.65. The van der Waals surface area contributed by atoms with Gasteiger partial charge in [-0.2, -0.15) is 0 Å². The highest BCUT2D eigenvalue weighted by Gasteiger charge is 2.17. The van der Waals surface area contributed by atoms with Crippen molar-refractivity contribution in [3.63, 3.8) is 0 Å². The molecule has 1 N–H and O–H groups in total. The third-order valence-corrected chi connectivity index (χ3v) is 5.17. The number of ether oxygens (including phenoxy) is 1. The van der Waals surface area contributed by atoms with Crippen LogP contribution in [-0.2, 0) is 9.53 Å². The summed E-state index contributed by atoms with van der Waals surface area (Å²) in [4.78, 5) is 15.1. The molecule has 1 amide bonds. The lowest BCUT2D eigenvalue weighted by Crippen LogP contribution is -2.36. The molecule has 25 heavy (non-hydrogen) atoms. The lowest BCUT2D eigenvalue weighted by molar-refractivity contribution is -0.115. The van der Waals surface area contributed by atoms with Crippen LogP contribution in [0.5, 0.6) is 0 Å². The number of rotatable bonds is 5. The van der Waals surface area contributed by atoms with E-state index in [1.54, 1.807) is 25.1 Å². The van der Waals surface area contributed by atoms with Gasteiger partial charge in [-0.15, -0.1) is 11.8 Å². The van der Waals surface area contributed by atoms with E-state index in [9.17, 15) is 9.18 Å². The zero-order chi connectivity index (χ0) is 17.6. The van der Waals surface area contributed by atoms with E-state index in [4.69, 9.17) is 4.74 Å². The lowest BCUT2D eigenvalue weighted by Gasteiger charge is -2.28. The summed E-state index contributed by atoms with van der Waals surface area (Å²) in [5, 5.41) is 2.49. The van der Waals surface area contributed by atoms with Crippen LogP contribution in [0.3, 0.4) is 0 Å². The summed E-state index contributed by atoms with van der Waals surface area (Å²) in [7, 11) is 0. The number of anilines is 2. The van der Waals surface area contributed by atoms with Crippen molar-refractivity contribution in [3.05, 3.63) is 54.3 Å². The van der Waals surface area contributed by atoms with Crippen molar-refractivity contribution in [2.45, 2.75) is 17.1 Å². The number of benzene rings is 2. The standard InChI is InChI=1S/C19H21FN2O2S/c1-14(25-18-5-3-2-4-17(18)20)19(23)21-15-6-8-16(9-7-15)22-10-12-24-13-11-22/h2-9,14H,10-13H2,1H3,(H,21,23)/t14-/m1/s1. The van der Waals surface area contributed by atoms with Gasteiger partial charge in [0, 0.05) is 29.4 Å². The van der Waals surface area contributed by atoms with Gasteiger partial charge in [0.2, 0.25) is 5.91 Å². The second-order valence-electron chi connectivity index (χ2n) is 5.83. The summed E-state index contributed by atoms with van der Waals surface area (Å²) in [5.74, 6) is -0.450. The van der Waals surface area contributed by atoms with Crippen LogP contribution >= 0.6 is 11.8 Å². The average molecular weight is 360 g/mol. The Bertz CT molecular complexity index is 718. The van der Waals surface area contributed by atoms with Crippen molar-refractivity contribution in [3.8, 4) is 0 Å². The fraction of sp³-hybridized carbons (Fsp3) is 0.316. The molecular weight excluding hydrogens is 339 g/mol. The first-order valence-corrected chi connectivity index (χ1v) is 9.16. The molecule has 0 saturated carbocycles. The van der Waals surface area contributed by atoms with Gasteiger partial charge in [0.1, 0.15) is 5.82 Å². The molecule has 1 aliphatic rings. The van der Waals surface area contributed by atoms with Crippen LogP contribution in [0.4, 0.5) is 15.8 Å². The van der Waals surface area contributed by atoms with Gasteiger partial charge < -0.3 is 15.0 Å². The topological polar surface area (TPSA) is 41.6 Å². The first-order chi connectivity index (χ1) is 12.1. The predicted molar refractivity (Wildman–Crippen MR) is 99.8 cm³/mol. The van der Waals surface area contributed by atoms with E-state index in [1.165, 1.54) is 17.8 Å². The fourth-order valence-corrected chi connectivity index (χ4v) is 3.49. The highest BCUT2D eigenvalue weighted by molar-refractivity contribution is 8.00. The van der Waals surface area contributed by atoms with Crippen LogP contribution in [0.25, 0.3) is 0 Å². The highest BCUT2D eigenvalue weighted by Crippen LogP contribution is 2.27. The maximum absolute atomic E-state index is 13.7. The van der Waals surface area contributed by atoms with Crippen molar-refractivity contribution >= 4 is 29.0 Å². The van der Waals surface area contributed by atoms with Gasteiger partial charge >= 0.3 is 0 Å². The Hall–Kier alpha value is -2.05. The van der Waals surface area contributed by atoms with E-state index >= 15 is 0 Å². The largest absolute Gasteiger partial charge is 0.378 e. The Labute approximate surface area is 151 Å². The van der Waals surface area contributed by atoms with Crippen LogP contribution in [0.1, 0.15) is 6.92 Å². The van der Waals surface area contributed by atoms with E-state index < -0.39 is 5.25 Å². The van der Waals surface area contributed by atoms with Crippen molar-refractivity contribution in [2.75, 3.05) is 36.5 Å². The summed E-state index contributed by atoms with van der Waals surface area (Å²) in [5.41, 5.74) is 1.86. The van der Waals surface area contributed by atoms with E-state index in [1.807, 2.05) is 24.3 Å². The molecule has 0 spiro atoms. The SMILES string of the molecule is C[C@@H](Sc1ccccc1F)C(=O)Nc1ccc(N2CCOCC2)cc1. The van der Waals surface area contributed by atoms with Crippen LogP contribution in [0, 0.1) is 5.82 Å². The zero-order valence-electron chi connectivity index (χ0n) is 14.1. The van der Waals surface area contributed by atoms with Gasteiger partial charge in [0.25, 0.3) is 0 Å². The third kappa shape index (κ3) is 4.74. The molecule has 1 aliphatic heterocycles. The van der Waals surface area contributed by atoms with E-state index in [2.05, 4.69) is 10.2 Å². The minimum absolute atomic E-state index is 0.146. The zero-order valence-corrected chi connectivity index (χ0v) is 14.9. The molecule has 1 atom stereocenters. The summed E-state index contributed by atoms with van der Waals surface area (Å²) >= 11 is 1.21. The molecule has 3 rings (SSSR count). The van der Waals surface area contributed by atoms with Crippen molar-refractivity contribution in [1.82, 2.24) is 0 Å². The van der Waals surface area contributed by atoms with E-state index in [-0.39, 0.29) is 11.7 Å². The molecule has 0 aromatic heterocycles. The number of nitrogens with zero attached hydrogens (tertiary/aromatic N) is 1. The molecule has 0 radical (unpaired) electrons. The molecule has 0 unspecified atom stereocenters. The molecular formula is C19H21FN2O2S. The Morgan fingerprint density at radius 2 is 1.84 bits per heavy atom. The van der Waals surface area contributed by atoms with Crippen LogP contribution in [-0.4, -0.2) is 37.5 Å². The molecule has 2 aromatic carbocycles. The molecule has 2 aromatic rings. The molecule has 1 saturated heterocycles. The van der Waals surface area contributed by atoms with Crippen molar-refractivity contribution in [1.29, 1.82) is 0 Å². The smallest absolute Gasteiger partial charge is 0.237 e. The van der Waals surface area contributed by atoms with Crippen molar-refractivity contribution < 1.29 is 13.9 Å². The Balaban J connectivity index is 1.57. The summed E-state index contributed by atoms with van der Waals surface area (Å²) < 4.78 is 19.0. The van der Waals surface area contributed by atoms with E-state index in [0.717, 1.165) is 37.7 Å². The van der Waals surface area contributed by atoms with Gasteiger partial charge in [0.05, 0.1) is 18.5 Å². The predicted octanol–water partition coefficient (Wildman–Crippen LogP) is 3.78. The molecule has 6 heteroatoms. The minimum atomic E-state index is -0.393. The molecule has 4 nitrogen and oxygen atoms in total. The molecule has 132 valence electrons. The maximum Gasteiger partial charge on any atom is 0.237 e. The van der Waals surface area contributed by atoms with Gasteiger partial charge in [-0.3, -0.25) is 4.79 Å². The number of halogens is 1. The van der Waals surface area contributed by atoms with Gasteiger partial charge in [-0.25, -0.2) is 4.39 Å². The molecule has 0 bridgehead atoms. The molecule has 1 fully saturated rings. The fourth-order valence-electron chi connectivity index (χ4n) is 2.61. The third-order valence-electron chi connectivity index (χ3n) is 4.02. The summed E-state index contributed by atoms with van der Waals surface area (Å²) in [6.45, 7) is 5.01. The first-order valence-electron chi connectivity index (χ1n) is 8.28. The Morgan fingerprint density at radius 1 is 1.16 bits per heavy atom. The first kappa shape index (κ1) is 17.8. The number of thioether (sulfide) groups is 1. The second kappa shape index (κ2) is 8.36. The number of carbonyl (C=O) groups is 1. The molecule has 0 aliphatic carbocycles. The number of amides is 1. The van der Waals surface area contributed by atoms with Crippen molar-refractivity contribution in [2.24, 2.45) is 0 Å². The summed E-state index contributed by atoms with van der Waals surface area (Å²) in [6.07, 6.45) is 0. The van der Waals surface area contributed by atoms with Crippen LogP contribution in [0.15, 0.2) is 53.4 Å². The summed E-state index contributed by atoms with van der Waals surface area (Å²) in [6, 6.07) is 14.3. The normalized spacial score (nSPS) is 15.7. The quantitative estimate of drug-likeness (QED) is 0.824. The Kier molecular flexibility index (Phi) is 5.94. The monoisotopic (exact) mass is 360 g/mol. The van der Waals surface area contributed by atoms with Crippen LogP contribution in [0.2, 0.25) is 0 Å². The number of morpholine rings is 1. The Morgan fingerprint density at radius 3 is 2.52 bits per heavy atom. The number of nitrogens with one attached hydrogen (secondary N) is 1. The van der Waals surface area contributed by atoms with Gasteiger partial charge in [-0.05, 0) is 43.3 Å². The number of carbonyl (C=O) groups excluding carboxylic acids is 1. The maximum atomic E-state index is 13.7. The second-order valence-corrected chi connectivity index (χ2v) is 7.21. The highest BCUT2D eigenvalue weighted by atomic mass is 32.2. The van der Waals surface area contributed by atoms with E-state index in [0.29, 0.717) is 4.90 Å². The number of hydrogen-bond donors (Lipinski definition) is 1. The van der Waals surface area contributed by atoms with Gasteiger partial charge in [0.15, 0.2) is 0 Å². The van der Waals surface area contributed by atoms with Gasteiger partial charge in [-0.1, -0.05) is 12.1 Å². The lowest BCUT2D eigenvalue weighted by atomic mass is 10.2. The van der Waals surface area contributed by atoms with Crippen LogP contribution < -0.4 is 10.2 Å².